The van der Waals surface area contributed by atoms with Crippen LogP contribution in [-0.2, 0) is 4.79 Å². The van der Waals surface area contributed by atoms with Gasteiger partial charge in [-0.05, 0) is 36.6 Å². The minimum Gasteiger partial charge on any atom is -0.454 e. The molecule has 1 aliphatic rings. The number of nitrogens with one attached hydrogen (secondary N) is 3. The fraction of sp³-hybridized carbons (Fsp3) is 0.240. The van der Waals surface area contributed by atoms with Crippen molar-refractivity contribution >= 4 is 39.3 Å². The molecule has 0 radical (unpaired) electrons. The summed E-state index contributed by atoms with van der Waals surface area (Å²) in [4.78, 5) is 33.7. The van der Waals surface area contributed by atoms with Crippen molar-refractivity contribution in [2.45, 2.75) is 26.3 Å². The molecule has 2 aromatic carbocycles. The van der Waals surface area contributed by atoms with Gasteiger partial charge in [0.25, 0.3) is 5.91 Å². The van der Waals surface area contributed by atoms with Crippen molar-refractivity contribution in [3.05, 3.63) is 60.4 Å². The number of aromatic amines is 1. The molecule has 0 saturated carbocycles. The summed E-state index contributed by atoms with van der Waals surface area (Å²) < 4.78 is 10.7. The number of benzene rings is 2. The van der Waals surface area contributed by atoms with Crippen LogP contribution in [0.25, 0.3) is 21.8 Å². The summed E-state index contributed by atoms with van der Waals surface area (Å²) in [7, 11) is 0. The fourth-order valence-corrected chi connectivity index (χ4v) is 4.01. The molecule has 33 heavy (non-hydrogen) atoms. The van der Waals surface area contributed by atoms with Gasteiger partial charge in [-0.25, -0.2) is 4.98 Å². The summed E-state index contributed by atoms with van der Waals surface area (Å²) in [5.74, 6) is 0.715. The monoisotopic (exact) mass is 444 g/mol. The van der Waals surface area contributed by atoms with E-state index in [1.807, 2.05) is 38.1 Å². The number of rotatable bonds is 6. The maximum Gasteiger partial charge on any atom is 0.270 e. The van der Waals surface area contributed by atoms with Crippen molar-refractivity contribution in [3.63, 3.8) is 0 Å². The topological polar surface area (TPSA) is 105 Å². The molecule has 0 spiro atoms. The molecule has 3 N–H and O–H groups in total. The summed E-state index contributed by atoms with van der Waals surface area (Å²) in [6, 6.07) is 14.1. The molecule has 1 aliphatic heterocycles. The SMILES string of the molecule is CC(C)CC(NC(=O)c1cc2c(cn1)[nH]c1ccccc12)C(=O)Nc1ccc2c(c1)OCO2. The number of fused-ring (bicyclic) bond motifs is 4. The molecule has 1 atom stereocenters. The number of anilines is 1. The predicted molar refractivity (Wildman–Crippen MR) is 126 cm³/mol. The maximum absolute atomic E-state index is 13.0. The van der Waals surface area contributed by atoms with Crippen LogP contribution in [-0.4, -0.2) is 34.6 Å². The van der Waals surface area contributed by atoms with Gasteiger partial charge in [-0.15, -0.1) is 0 Å². The van der Waals surface area contributed by atoms with E-state index in [0.29, 0.717) is 23.6 Å². The average Bonchev–Trinajstić information content (AvgIpc) is 3.41. The summed E-state index contributed by atoms with van der Waals surface area (Å²) in [6.07, 6.45) is 2.13. The van der Waals surface area contributed by atoms with Gasteiger partial charge >= 0.3 is 0 Å². The van der Waals surface area contributed by atoms with Gasteiger partial charge in [0.05, 0.1) is 11.7 Å². The molecule has 2 amide bonds. The number of nitrogens with zero attached hydrogens (tertiary/aromatic N) is 1. The lowest BCUT2D eigenvalue weighted by Gasteiger charge is -2.20. The first-order valence-electron chi connectivity index (χ1n) is 10.9. The summed E-state index contributed by atoms with van der Waals surface area (Å²) >= 11 is 0. The van der Waals surface area contributed by atoms with Crippen molar-refractivity contribution in [3.8, 4) is 11.5 Å². The van der Waals surface area contributed by atoms with Gasteiger partial charge in [0.15, 0.2) is 11.5 Å². The molecular formula is C25H24N4O4. The highest BCUT2D eigenvalue weighted by Gasteiger charge is 2.24. The molecule has 5 rings (SSSR count). The van der Waals surface area contributed by atoms with E-state index in [-0.39, 0.29) is 24.3 Å². The highest BCUT2D eigenvalue weighted by atomic mass is 16.7. The molecule has 0 bridgehead atoms. The van der Waals surface area contributed by atoms with Gasteiger partial charge in [-0.3, -0.25) is 9.59 Å². The molecular weight excluding hydrogens is 420 g/mol. The molecule has 1 unspecified atom stereocenters. The molecule has 4 aromatic rings. The van der Waals surface area contributed by atoms with Crippen molar-refractivity contribution < 1.29 is 19.1 Å². The number of pyridine rings is 1. The normalized spacial score (nSPS) is 13.4. The van der Waals surface area contributed by atoms with Crippen LogP contribution < -0.4 is 20.1 Å². The van der Waals surface area contributed by atoms with Crippen molar-refractivity contribution in [1.82, 2.24) is 15.3 Å². The molecule has 0 fully saturated rings. The summed E-state index contributed by atoms with van der Waals surface area (Å²) in [6.45, 7) is 4.17. The largest absolute Gasteiger partial charge is 0.454 e. The Kier molecular flexibility index (Phi) is 5.34. The van der Waals surface area contributed by atoms with Crippen molar-refractivity contribution in [2.75, 3.05) is 12.1 Å². The second kappa shape index (κ2) is 8.46. The Morgan fingerprint density at radius 1 is 1.03 bits per heavy atom. The second-order valence-electron chi connectivity index (χ2n) is 8.50. The predicted octanol–water partition coefficient (Wildman–Crippen LogP) is 4.23. The van der Waals surface area contributed by atoms with E-state index in [9.17, 15) is 9.59 Å². The number of carbonyl (C=O) groups excluding carboxylic acids is 2. The minimum absolute atomic E-state index is 0.159. The number of hydrogen-bond donors (Lipinski definition) is 3. The average molecular weight is 444 g/mol. The third kappa shape index (κ3) is 4.19. The van der Waals surface area contributed by atoms with E-state index in [4.69, 9.17) is 9.47 Å². The van der Waals surface area contributed by atoms with Gasteiger partial charge in [-0.1, -0.05) is 32.0 Å². The molecule has 168 valence electrons. The minimum atomic E-state index is -0.719. The van der Waals surface area contributed by atoms with Crippen LogP contribution in [0.3, 0.4) is 0 Å². The van der Waals surface area contributed by atoms with Crippen LogP contribution in [0.4, 0.5) is 5.69 Å². The van der Waals surface area contributed by atoms with E-state index < -0.39 is 11.9 Å². The fourth-order valence-electron chi connectivity index (χ4n) is 4.01. The third-order valence-electron chi connectivity index (χ3n) is 5.59. The van der Waals surface area contributed by atoms with Crippen LogP contribution >= 0.6 is 0 Å². The molecule has 8 heteroatoms. The number of H-pyrrole nitrogens is 1. The second-order valence-corrected chi connectivity index (χ2v) is 8.50. The van der Waals surface area contributed by atoms with Crippen LogP contribution in [0, 0.1) is 5.92 Å². The summed E-state index contributed by atoms with van der Waals surface area (Å²) in [5, 5.41) is 7.66. The zero-order valence-electron chi connectivity index (χ0n) is 18.3. The smallest absolute Gasteiger partial charge is 0.270 e. The lowest BCUT2D eigenvalue weighted by Crippen LogP contribution is -2.44. The van der Waals surface area contributed by atoms with E-state index in [1.54, 1.807) is 30.5 Å². The zero-order valence-corrected chi connectivity index (χ0v) is 18.3. The first-order valence-corrected chi connectivity index (χ1v) is 10.9. The number of para-hydroxylation sites is 1. The maximum atomic E-state index is 13.0. The van der Waals surface area contributed by atoms with Crippen LogP contribution in [0.1, 0.15) is 30.8 Å². The Labute approximate surface area is 190 Å². The molecule has 3 heterocycles. The lowest BCUT2D eigenvalue weighted by atomic mass is 10.0. The van der Waals surface area contributed by atoms with Crippen LogP contribution in [0.15, 0.2) is 54.7 Å². The van der Waals surface area contributed by atoms with Crippen molar-refractivity contribution in [1.29, 1.82) is 0 Å². The molecule has 0 aliphatic carbocycles. The van der Waals surface area contributed by atoms with Gasteiger partial charge in [0.1, 0.15) is 11.7 Å². The number of aromatic nitrogens is 2. The Morgan fingerprint density at radius 2 is 1.85 bits per heavy atom. The van der Waals surface area contributed by atoms with Gasteiger partial charge in [0, 0.05) is 28.0 Å². The Balaban J connectivity index is 1.36. The molecule has 0 saturated heterocycles. The van der Waals surface area contributed by atoms with E-state index in [1.165, 1.54) is 0 Å². The Morgan fingerprint density at radius 3 is 2.70 bits per heavy atom. The third-order valence-corrected chi connectivity index (χ3v) is 5.59. The zero-order chi connectivity index (χ0) is 22.9. The van der Waals surface area contributed by atoms with Crippen LogP contribution in [0.2, 0.25) is 0 Å². The number of ether oxygens (including phenoxy) is 2. The van der Waals surface area contributed by atoms with E-state index >= 15 is 0 Å². The van der Waals surface area contributed by atoms with E-state index in [2.05, 4.69) is 20.6 Å². The Hall–Kier alpha value is -4.07. The highest BCUT2D eigenvalue weighted by Crippen LogP contribution is 2.34. The van der Waals surface area contributed by atoms with Gasteiger partial charge in [0.2, 0.25) is 12.7 Å². The lowest BCUT2D eigenvalue weighted by molar-refractivity contribution is -0.118. The van der Waals surface area contributed by atoms with Gasteiger partial charge < -0.3 is 25.1 Å². The first-order chi connectivity index (χ1) is 16.0. The number of carbonyl (C=O) groups is 2. The van der Waals surface area contributed by atoms with Crippen molar-refractivity contribution in [2.24, 2.45) is 5.92 Å². The highest BCUT2D eigenvalue weighted by molar-refractivity contribution is 6.09. The van der Waals surface area contributed by atoms with E-state index in [0.717, 1.165) is 21.8 Å². The number of hydrogen-bond acceptors (Lipinski definition) is 5. The summed E-state index contributed by atoms with van der Waals surface area (Å²) in [5.41, 5.74) is 2.67. The Bertz CT molecular complexity index is 1360. The standard InChI is InChI=1S/C25H24N4O4/c1-14(2)9-20(25(31)27-15-7-8-22-23(10-15)33-13-32-22)29-24(30)19-11-17-16-5-3-4-6-18(16)28-21(17)12-26-19/h3-8,10-12,14,20,28H,9,13H2,1-2H3,(H,27,31)(H,29,30). The molecule has 8 nitrogen and oxygen atoms in total. The van der Waals surface area contributed by atoms with Crippen LogP contribution in [0.5, 0.6) is 11.5 Å². The number of amides is 2. The first kappa shape index (κ1) is 20.8. The molecule has 2 aromatic heterocycles. The van der Waals surface area contributed by atoms with Gasteiger partial charge in [-0.2, -0.15) is 0 Å². The quantitative estimate of drug-likeness (QED) is 0.413.